The van der Waals surface area contributed by atoms with Crippen LogP contribution in [0.5, 0.6) is 17.2 Å². The zero-order valence-electron chi connectivity index (χ0n) is 15.5. The van der Waals surface area contributed by atoms with Crippen molar-refractivity contribution in [2.75, 3.05) is 20.3 Å². The molecule has 0 spiro atoms. The fraction of sp³-hybridized carbons (Fsp3) is 0.300. The van der Waals surface area contributed by atoms with Gasteiger partial charge in [-0.2, -0.15) is 0 Å². The van der Waals surface area contributed by atoms with Crippen LogP contribution in [0.15, 0.2) is 36.4 Å². The van der Waals surface area contributed by atoms with Crippen molar-refractivity contribution in [3.8, 4) is 17.2 Å². The van der Waals surface area contributed by atoms with Crippen molar-refractivity contribution in [2.45, 2.75) is 19.0 Å². The Morgan fingerprint density at radius 1 is 1.14 bits per heavy atom. The summed E-state index contributed by atoms with van der Waals surface area (Å²) in [5.74, 6) is 0.248. The third-order valence-electron chi connectivity index (χ3n) is 4.95. The molecule has 2 aliphatic heterocycles. The molecule has 0 saturated carbocycles. The molecule has 1 atom stereocenters. The van der Waals surface area contributed by atoms with Crippen molar-refractivity contribution < 1.29 is 28.2 Å². The zero-order chi connectivity index (χ0) is 19.9. The van der Waals surface area contributed by atoms with Gasteiger partial charge in [-0.3, -0.25) is 9.69 Å². The van der Waals surface area contributed by atoms with Gasteiger partial charge in [0.05, 0.1) is 13.7 Å². The van der Waals surface area contributed by atoms with Crippen molar-refractivity contribution in [1.82, 2.24) is 10.2 Å². The van der Waals surface area contributed by atoms with E-state index in [2.05, 4.69) is 5.32 Å². The third kappa shape index (κ3) is 2.90. The number of ether oxygens (including phenoxy) is 3. The minimum atomic E-state index is -1.25. The van der Waals surface area contributed by atoms with Crippen molar-refractivity contribution in [1.29, 1.82) is 0 Å². The van der Waals surface area contributed by atoms with Gasteiger partial charge in [0.1, 0.15) is 18.8 Å². The fourth-order valence-electron chi connectivity index (χ4n) is 3.38. The molecule has 0 unspecified atom stereocenters. The molecule has 2 aliphatic rings. The smallest absolute Gasteiger partial charge is 0.325 e. The highest BCUT2D eigenvalue weighted by Gasteiger charge is 2.49. The highest BCUT2D eigenvalue weighted by molar-refractivity contribution is 6.07. The van der Waals surface area contributed by atoms with E-state index in [9.17, 15) is 14.0 Å². The third-order valence-corrected chi connectivity index (χ3v) is 4.95. The number of nitrogens with one attached hydrogen (secondary N) is 1. The van der Waals surface area contributed by atoms with Crippen LogP contribution >= 0.6 is 0 Å². The van der Waals surface area contributed by atoms with E-state index < -0.39 is 23.3 Å². The molecule has 3 amide bonds. The van der Waals surface area contributed by atoms with E-state index in [4.69, 9.17) is 14.2 Å². The molecule has 0 radical (unpaired) electrons. The normalized spacial score (nSPS) is 20.9. The number of carbonyl (C=O) groups excluding carboxylic acids is 2. The van der Waals surface area contributed by atoms with E-state index in [0.29, 0.717) is 35.8 Å². The predicted octanol–water partition coefficient (Wildman–Crippen LogP) is 2.57. The maximum absolute atomic E-state index is 13.9. The van der Waals surface area contributed by atoms with E-state index >= 15 is 0 Å². The maximum atomic E-state index is 13.9. The average molecular weight is 386 g/mol. The molecule has 7 nitrogen and oxygen atoms in total. The Morgan fingerprint density at radius 3 is 2.61 bits per heavy atom. The summed E-state index contributed by atoms with van der Waals surface area (Å²) in [4.78, 5) is 26.6. The second-order valence-corrected chi connectivity index (χ2v) is 6.77. The molecule has 1 N–H and O–H groups in total. The van der Waals surface area contributed by atoms with E-state index in [0.717, 1.165) is 4.90 Å². The number of carbonyl (C=O) groups is 2. The number of halogens is 1. The SMILES string of the molecule is COc1ccc(CN2C(=O)N[C@@](C)(c3ccc4c(c3)OCCO4)C2=O)cc1F. The van der Waals surface area contributed by atoms with Crippen LogP contribution in [0.3, 0.4) is 0 Å². The zero-order valence-corrected chi connectivity index (χ0v) is 15.5. The van der Waals surface area contributed by atoms with Crippen LogP contribution in [0.25, 0.3) is 0 Å². The van der Waals surface area contributed by atoms with E-state index in [1.165, 1.54) is 19.2 Å². The Hall–Kier alpha value is -3.29. The molecule has 1 fully saturated rings. The van der Waals surface area contributed by atoms with Gasteiger partial charge in [0.15, 0.2) is 23.1 Å². The summed E-state index contributed by atoms with van der Waals surface area (Å²) in [7, 11) is 1.37. The van der Waals surface area contributed by atoms with Crippen LogP contribution in [0, 0.1) is 5.82 Å². The first kappa shape index (κ1) is 18.1. The van der Waals surface area contributed by atoms with Gasteiger partial charge in [0.2, 0.25) is 0 Å². The number of amides is 3. The molecule has 2 heterocycles. The van der Waals surface area contributed by atoms with Crippen LogP contribution in [-0.4, -0.2) is 37.2 Å². The van der Waals surface area contributed by atoms with Gasteiger partial charge in [-0.05, 0) is 42.3 Å². The molecule has 2 aromatic carbocycles. The lowest BCUT2D eigenvalue weighted by Gasteiger charge is -2.25. The Morgan fingerprint density at radius 2 is 1.89 bits per heavy atom. The van der Waals surface area contributed by atoms with Gasteiger partial charge in [0, 0.05) is 0 Å². The van der Waals surface area contributed by atoms with Gasteiger partial charge in [-0.25, -0.2) is 9.18 Å². The average Bonchev–Trinajstić information content (AvgIpc) is 2.92. The lowest BCUT2D eigenvalue weighted by atomic mass is 9.91. The first-order valence-electron chi connectivity index (χ1n) is 8.79. The van der Waals surface area contributed by atoms with Gasteiger partial charge < -0.3 is 19.5 Å². The first-order chi connectivity index (χ1) is 13.4. The molecule has 8 heteroatoms. The number of urea groups is 1. The molecular formula is C20H19FN2O5. The summed E-state index contributed by atoms with van der Waals surface area (Å²) in [5.41, 5.74) is -0.190. The highest BCUT2D eigenvalue weighted by Crippen LogP contribution is 2.37. The molecule has 4 rings (SSSR count). The summed E-state index contributed by atoms with van der Waals surface area (Å²) in [6, 6.07) is 8.92. The van der Waals surface area contributed by atoms with Gasteiger partial charge in [0.25, 0.3) is 5.91 Å². The summed E-state index contributed by atoms with van der Waals surface area (Å²) < 4.78 is 29.9. The van der Waals surface area contributed by atoms with Crippen LogP contribution in [0.1, 0.15) is 18.1 Å². The Balaban J connectivity index is 1.60. The van der Waals surface area contributed by atoms with Crippen LogP contribution in [0.4, 0.5) is 9.18 Å². The van der Waals surface area contributed by atoms with Gasteiger partial charge in [-0.15, -0.1) is 0 Å². The monoisotopic (exact) mass is 386 g/mol. The Kier molecular flexibility index (Phi) is 4.33. The van der Waals surface area contributed by atoms with E-state index in [1.807, 2.05) is 0 Å². The molecule has 0 bridgehead atoms. The molecule has 0 aliphatic carbocycles. The van der Waals surface area contributed by atoms with Gasteiger partial charge in [-0.1, -0.05) is 12.1 Å². The van der Waals surface area contributed by atoms with Crippen molar-refractivity contribution in [3.63, 3.8) is 0 Å². The number of hydrogen-bond acceptors (Lipinski definition) is 5. The maximum Gasteiger partial charge on any atom is 0.325 e. The Labute approximate surface area is 161 Å². The molecular weight excluding hydrogens is 367 g/mol. The molecule has 1 saturated heterocycles. The number of methoxy groups -OCH3 is 1. The van der Waals surface area contributed by atoms with Crippen molar-refractivity contribution in [2.24, 2.45) is 0 Å². The number of nitrogens with zero attached hydrogens (tertiary/aromatic N) is 1. The lowest BCUT2D eigenvalue weighted by Crippen LogP contribution is -2.41. The number of fused-ring (bicyclic) bond motifs is 1. The van der Waals surface area contributed by atoms with Crippen LogP contribution in [-0.2, 0) is 16.9 Å². The van der Waals surface area contributed by atoms with Crippen LogP contribution < -0.4 is 19.5 Å². The first-order valence-corrected chi connectivity index (χ1v) is 8.79. The fourth-order valence-corrected chi connectivity index (χ4v) is 3.38. The summed E-state index contributed by atoms with van der Waals surface area (Å²) in [6.45, 7) is 2.47. The molecule has 28 heavy (non-hydrogen) atoms. The van der Waals surface area contributed by atoms with Crippen molar-refractivity contribution >= 4 is 11.9 Å². The van der Waals surface area contributed by atoms with Gasteiger partial charge >= 0.3 is 6.03 Å². The molecule has 0 aromatic heterocycles. The number of imide groups is 1. The molecule has 2 aromatic rings. The number of benzene rings is 2. The lowest BCUT2D eigenvalue weighted by molar-refractivity contribution is -0.131. The predicted molar refractivity (Wildman–Crippen MR) is 96.8 cm³/mol. The largest absolute Gasteiger partial charge is 0.494 e. The highest BCUT2D eigenvalue weighted by atomic mass is 19.1. The minimum Gasteiger partial charge on any atom is -0.494 e. The second-order valence-electron chi connectivity index (χ2n) is 6.77. The van der Waals surface area contributed by atoms with Crippen LogP contribution in [0.2, 0.25) is 0 Å². The number of hydrogen-bond donors (Lipinski definition) is 1. The van der Waals surface area contributed by atoms with E-state index in [-0.39, 0.29) is 12.3 Å². The summed E-state index contributed by atoms with van der Waals surface area (Å²) in [5, 5.41) is 2.73. The second kappa shape index (κ2) is 6.70. The van der Waals surface area contributed by atoms with E-state index in [1.54, 1.807) is 31.2 Å². The van der Waals surface area contributed by atoms with Crippen molar-refractivity contribution in [3.05, 3.63) is 53.3 Å². The standard InChI is InChI=1S/C20H19FN2O5/c1-20(13-4-6-16-17(10-13)28-8-7-27-16)18(24)23(19(25)22-20)11-12-3-5-15(26-2)14(21)9-12/h3-6,9-10H,7-8,11H2,1-2H3,(H,22,25)/t20-/m0/s1. The number of rotatable bonds is 4. The summed E-state index contributed by atoms with van der Waals surface area (Å²) >= 11 is 0. The quantitative estimate of drug-likeness (QED) is 0.818. The molecule has 146 valence electrons. The topological polar surface area (TPSA) is 77.1 Å². The summed E-state index contributed by atoms with van der Waals surface area (Å²) in [6.07, 6.45) is 0. The Bertz CT molecular complexity index is 964. The minimum absolute atomic E-state index is 0.0499.